The van der Waals surface area contributed by atoms with E-state index in [1.807, 2.05) is 0 Å². The summed E-state index contributed by atoms with van der Waals surface area (Å²) in [4.78, 5) is 3.38. The normalized spacial score (nSPS) is 23.5. The van der Waals surface area contributed by atoms with Crippen LogP contribution in [0.25, 0.3) is 0 Å². The van der Waals surface area contributed by atoms with Crippen molar-refractivity contribution in [3.63, 3.8) is 0 Å². The molecule has 0 spiro atoms. The van der Waals surface area contributed by atoms with E-state index in [1.54, 1.807) is 0 Å². The molecule has 1 heterocycles. The summed E-state index contributed by atoms with van der Waals surface area (Å²) in [7, 11) is 1.24. The molecule has 5 nitrogen and oxygen atoms in total. The second-order valence-corrected chi connectivity index (χ2v) is 3.02. The molecule has 1 aliphatic rings. The van der Waals surface area contributed by atoms with Crippen LogP contribution in [0, 0.1) is 0 Å². The highest BCUT2D eigenvalue weighted by Gasteiger charge is 2.47. The summed E-state index contributed by atoms with van der Waals surface area (Å²) >= 11 is 0. The molecule has 84 valence electrons. The summed E-state index contributed by atoms with van der Waals surface area (Å²) in [5.74, 6) is -1.38. The zero-order valence-corrected chi connectivity index (χ0v) is 7.86. The Morgan fingerprint density at radius 3 is 2.80 bits per heavy atom. The first-order chi connectivity index (χ1) is 6.86. The summed E-state index contributed by atoms with van der Waals surface area (Å²) in [6.45, 7) is 0. The lowest BCUT2D eigenvalue weighted by atomic mass is 10.2. The van der Waals surface area contributed by atoms with E-state index in [9.17, 15) is 13.2 Å². The van der Waals surface area contributed by atoms with Crippen molar-refractivity contribution < 1.29 is 23.0 Å². The van der Waals surface area contributed by atoms with Crippen LogP contribution < -0.4 is 5.73 Å². The third-order valence-electron chi connectivity index (χ3n) is 1.93. The number of aliphatic imine (C=N–C) groups is 1. The Hall–Kier alpha value is -1.60. The second kappa shape index (κ2) is 3.87. The van der Waals surface area contributed by atoms with Crippen LogP contribution in [0.1, 0.15) is 6.42 Å². The van der Waals surface area contributed by atoms with Gasteiger partial charge in [0.2, 0.25) is 6.04 Å². The first kappa shape index (κ1) is 11.5. The molecule has 0 saturated carbocycles. The Labute approximate surface area is 83.4 Å². The molecular weight excluding hydrogens is 213 g/mol. The second-order valence-electron chi connectivity index (χ2n) is 3.02. The van der Waals surface area contributed by atoms with E-state index >= 15 is 0 Å². The number of nitrogens with two attached hydrogens (primary N) is 1. The van der Waals surface area contributed by atoms with Gasteiger partial charge in [0, 0.05) is 0 Å². The molecule has 0 bridgehead atoms. The molecule has 0 aromatic carbocycles. The quantitative estimate of drug-likeness (QED) is 0.219. The van der Waals surface area contributed by atoms with Crippen LogP contribution in [0.4, 0.5) is 13.2 Å². The monoisotopic (exact) mass is 223 g/mol. The lowest BCUT2D eigenvalue weighted by molar-refractivity contribution is -0.392. The minimum Gasteiger partial charge on any atom is -0.409 e. The molecule has 1 atom stereocenters. The Morgan fingerprint density at radius 2 is 2.33 bits per heavy atom. The fourth-order valence-electron chi connectivity index (χ4n) is 1.16. The minimum atomic E-state index is -4.54. The van der Waals surface area contributed by atoms with Gasteiger partial charge in [-0.2, -0.15) is 13.2 Å². The third-order valence-corrected chi connectivity index (χ3v) is 1.93. The van der Waals surface area contributed by atoms with Gasteiger partial charge in [-0.15, -0.1) is 0 Å². The Kier molecular flexibility index (Phi) is 2.96. The summed E-state index contributed by atoms with van der Waals surface area (Å²) in [5, 5.41) is 11.0. The topological polar surface area (TPSA) is 74.0 Å². The Balaban J connectivity index is 3.02. The van der Waals surface area contributed by atoms with Crippen molar-refractivity contribution in [2.75, 3.05) is 7.05 Å². The average molecular weight is 223 g/mol. The molecular formula is C7H10F3N4O+. The molecule has 1 rings (SSSR count). The highest BCUT2D eigenvalue weighted by Crippen LogP contribution is 2.20. The molecule has 1 aliphatic heterocycles. The Morgan fingerprint density at radius 1 is 1.73 bits per heavy atom. The van der Waals surface area contributed by atoms with Gasteiger partial charge in [-0.05, 0) is 0 Å². The standard InChI is InChI=1S/C7H9F3N4O/c1-14-3-2-4(5(11)13-15)12-6(14)7(8,9)10/h3-4H,2H2,1H3,(H2-,11,13,15)/p+1. The first-order valence-corrected chi connectivity index (χ1v) is 4.05. The van der Waals surface area contributed by atoms with E-state index in [0.717, 1.165) is 4.58 Å². The molecule has 0 amide bonds. The highest BCUT2D eigenvalue weighted by atomic mass is 19.4. The number of rotatable bonds is 1. The number of hydrogen-bond acceptors (Lipinski definition) is 3. The van der Waals surface area contributed by atoms with E-state index in [1.165, 1.54) is 13.3 Å². The molecule has 0 aromatic rings. The average Bonchev–Trinajstić information content (AvgIpc) is 2.15. The zero-order valence-electron chi connectivity index (χ0n) is 7.86. The molecule has 8 heteroatoms. The summed E-state index contributed by atoms with van der Waals surface area (Å²) in [6.07, 6.45) is -3.08. The molecule has 3 N–H and O–H groups in total. The van der Waals surface area contributed by atoms with E-state index in [-0.39, 0.29) is 12.3 Å². The predicted octanol–water partition coefficient (Wildman–Crippen LogP) is 0.179. The van der Waals surface area contributed by atoms with Crippen molar-refractivity contribution in [1.82, 2.24) is 0 Å². The zero-order chi connectivity index (χ0) is 11.6. The van der Waals surface area contributed by atoms with Gasteiger partial charge in [0.05, 0.1) is 19.7 Å². The van der Waals surface area contributed by atoms with Crippen molar-refractivity contribution in [3.05, 3.63) is 0 Å². The van der Waals surface area contributed by atoms with Gasteiger partial charge in [0.25, 0.3) is 0 Å². The fourth-order valence-corrected chi connectivity index (χ4v) is 1.16. The highest BCUT2D eigenvalue weighted by molar-refractivity contribution is 5.93. The lowest BCUT2D eigenvalue weighted by Crippen LogP contribution is -2.41. The minimum absolute atomic E-state index is 0.173. The summed E-state index contributed by atoms with van der Waals surface area (Å²) in [5.41, 5.74) is 5.19. The smallest absolute Gasteiger partial charge is 0.409 e. The summed E-state index contributed by atoms with van der Waals surface area (Å²) in [6, 6.07) is -0.956. The van der Waals surface area contributed by atoms with Crippen molar-refractivity contribution >= 4 is 17.9 Å². The van der Waals surface area contributed by atoms with Gasteiger partial charge in [-0.3, -0.25) is 0 Å². The van der Waals surface area contributed by atoms with E-state index < -0.39 is 18.1 Å². The third kappa shape index (κ3) is 2.45. The molecule has 0 fully saturated rings. The van der Waals surface area contributed by atoms with Crippen LogP contribution in [0.15, 0.2) is 10.1 Å². The van der Waals surface area contributed by atoms with E-state index in [4.69, 9.17) is 10.9 Å². The van der Waals surface area contributed by atoms with Crippen molar-refractivity contribution in [2.24, 2.45) is 15.9 Å². The number of alkyl halides is 3. The molecule has 0 radical (unpaired) electrons. The van der Waals surface area contributed by atoms with Crippen LogP contribution in [0.5, 0.6) is 0 Å². The number of oxime groups is 1. The van der Waals surface area contributed by atoms with Gasteiger partial charge in [0.15, 0.2) is 5.84 Å². The van der Waals surface area contributed by atoms with Crippen LogP contribution in [-0.2, 0) is 0 Å². The number of nitrogens with zero attached hydrogens (tertiary/aromatic N) is 3. The number of halogens is 3. The van der Waals surface area contributed by atoms with Gasteiger partial charge in [-0.1, -0.05) is 10.1 Å². The van der Waals surface area contributed by atoms with E-state index in [2.05, 4.69) is 10.1 Å². The maximum atomic E-state index is 12.4. The van der Waals surface area contributed by atoms with E-state index in [0.29, 0.717) is 0 Å². The molecule has 0 aromatic heterocycles. The van der Waals surface area contributed by atoms with Crippen molar-refractivity contribution in [2.45, 2.75) is 18.6 Å². The van der Waals surface area contributed by atoms with Gasteiger partial charge in [-0.25, -0.2) is 4.58 Å². The SMILES string of the molecule is C[N+]1=CCC(C(N)=NO)N=C1C(F)(F)F. The van der Waals surface area contributed by atoms with Crippen LogP contribution in [0.2, 0.25) is 0 Å². The van der Waals surface area contributed by atoms with Crippen LogP contribution >= 0.6 is 0 Å². The Bertz CT molecular complexity index is 345. The lowest BCUT2D eigenvalue weighted by Gasteiger charge is -2.12. The van der Waals surface area contributed by atoms with Gasteiger partial charge < -0.3 is 10.9 Å². The maximum Gasteiger partial charge on any atom is 0.498 e. The molecule has 0 aliphatic carbocycles. The molecule has 1 unspecified atom stereocenters. The first-order valence-electron chi connectivity index (χ1n) is 4.05. The molecule has 15 heavy (non-hydrogen) atoms. The summed E-state index contributed by atoms with van der Waals surface area (Å²) < 4.78 is 38.1. The molecule has 0 saturated heterocycles. The number of hydrogen-bond donors (Lipinski definition) is 2. The van der Waals surface area contributed by atoms with Crippen molar-refractivity contribution in [3.8, 4) is 0 Å². The maximum absolute atomic E-state index is 12.4. The fraction of sp³-hybridized carbons (Fsp3) is 0.571. The van der Waals surface area contributed by atoms with Gasteiger partial charge in [0.1, 0.15) is 0 Å². The van der Waals surface area contributed by atoms with Crippen molar-refractivity contribution in [1.29, 1.82) is 0 Å². The van der Waals surface area contributed by atoms with Crippen LogP contribution in [-0.4, -0.2) is 46.9 Å². The van der Waals surface area contributed by atoms with Gasteiger partial charge >= 0.3 is 12.0 Å². The number of amidine groups is 2. The van der Waals surface area contributed by atoms with Crippen LogP contribution in [0.3, 0.4) is 0 Å². The largest absolute Gasteiger partial charge is 0.498 e. The predicted molar refractivity (Wildman–Crippen MR) is 47.6 cm³/mol.